The summed E-state index contributed by atoms with van der Waals surface area (Å²) in [6, 6.07) is 0.344. The van der Waals surface area contributed by atoms with E-state index >= 15 is 0 Å². The number of hydrogen-bond acceptors (Lipinski definition) is 4. The van der Waals surface area contributed by atoms with Crippen LogP contribution < -0.4 is 10.0 Å². The van der Waals surface area contributed by atoms with E-state index < -0.39 is 10.0 Å². The summed E-state index contributed by atoms with van der Waals surface area (Å²) in [6.07, 6.45) is 1.51. The van der Waals surface area contributed by atoms with Gasteiger partial charge in [-0.1, -0.05) is 13.8 Å². The Morgan fingerprint density at radius 3 is 2.53 bits per heavy atom. The van der Waals surface area contributed by atoms with E-state index in [0.29, 0.717) is 25.0 Å². The first-order valence-corrected chi connectivity index (χ1v) is 7.04. The summed E-state index contributed by atoms with van der Waals surface area (Å²) in [5.41, 5.74) is 0. The fourth-order valence-electron chi connectivity index (χ4n) is 1.28. The van der Waals surface area contributed by atoms with Gasteiger partial charge in [-0.3, -0.25) is 0 Å². The van der Waals surface area contributed by atoms with E-state index in [1.54, 1.807) is 18.5 Å². The summed E-state index contributed by atoms with van der Waals surface area (Å²) < 4.78 is 27.8. The quantitative estimate of drug-likeness (QED) is 0.706. The molecular formula is C10H20N4O2S. The molecule has 0 atom stereocenters. The Balaban J connectivity index is 2.57. The van der Waals surface area contributed by atoms with E-state index in [1.165, 1.54) is 6.20 Å². The highest BCUT2D eigenvalue weighted by atomic mass is 32.2. The molecule has 2 N–H and O–H groups in total. The molecule has 0 saturated heterocycles. The third kappa shape index (κ3) is 4.10. The van der Waals surface area contributed by atoms with Gasteiger partial charge in [0.25, 0.3) is 10.0 Å². The summed E-state index contributed by atoms with van der Waals surface area (Å²) in [5, 5.41) is 3.20. The number of aryl methyl sites for hydroxylation is 2. The van der Waals surface area contributed by atoms with Gasteiger partial charge in [0, 0.05) is 32.4 Å². The molecule has 0 aromatic carbocycles. The molecular weight excluding hydrogens is 240 g/mol. The van der Waals surface area contributed by atoms with Gasteiger partial charge in [-0.15, -0.1) is 0 Å². The van der Waals surface area contributed by atoms with Crippen molar-refractivity contribution in [3.63, 3.8) is 0 Å². The van der Waals surface area contributed by atoms with E-state index in [1.807, 2.05) is 13.8 Å². The SMILES string of the molecule is Cc1nc(S(=O)(=O)NCCNC(C)C)cn1C. The lowest BCUT2D eigenvalue weighted by atomic mass is 10.4. The lowest BCUT2D eigenvalue weighted by molar-refractivity contribution is 0.557. The van der Waals surface area contributed by atoms with Crippen LogP contribution in [0.2, 0.25) is 0 Å². The van der Waals surface area contributed by atoms with E-state index in [2.05, 4.69) is 15.0 Å². The molecule has 17 heavy (non-hydrogen) atoms. The Morgan fingerprint density at radius 1 is 1.41 bits per heavy atom. The monoisotopic (exact) mass is 260 g/mol. The van der Waals surface area contributed by atoms with Gasteiger partial charge in [-0.05, 0) is 6.92 Å². The van der Waals surface area contributed by atoms with Gasteiger partial charge in [0.15, 0.2) is 5.03 Å². The summed E-state index contributed by atoms with van der Waals surface area (Å²) in [4.78, 5) is 3.99. The molecule has 0 aliphatic heterocycles. The molecule has 1 heterocycles. The minimum absolute atomic E-state index is 0.0713. The predicted octanol–water partition coefficient (Wildman–Crippen LogP) is 0.00482. The van der Waals surface area contributed by atoms with E-state index in [4.69, 9.17) is 0 Å². The van der Waals surface area contributed by atoms with Crippen molar-refractivity contribution in [2.24, 2.45) is 7.05 Å². The maximum atomic E-state index is 11.8. The van der Waals surface area contributed by atoms with Crippen molar-refractivity contribution in [1.82, 2.24) is 19.6 Å². The van der Waals surface area contributed by atoms with Crippen molar-refractivity contribution < 1.29 is 8.42 Å². The minimum atomic E-state index is -3.48. The zero-order valence-electron chi connectivity index (χ0n) is 10.7. The number of aromatic nitrogens is 2. The first-order chi connectivity index (χ1) is 7.83. The second-order valence-corrected chi connectivity index (χ2v) is 5.96. The summed E-state index contributed by atoms with van der Waals surface area (Å²) in [6.45, 7) is 6.74. The molecule has 0 radical (unpaired) electrons. The molecule has 7 heteroatoms. The maximum Gasteiger partial charge on any atom is 0.259 e. The van der Waals surface area contributed by atoms with Gasteiger partial charge in [-0.25, -0.2) is 18.1 Å². The number of rotatable bonds is 6. The Labute approximate surface area is 102 Å². The molecule has 1 rings (SSSR count). The maximum absolute atomic E-state index is 11.8. The zero-order valence-corrected chi connectivity index (χ0v) is 11.5. The van der Waals surface area contributed by atoms with Crippen molar-refractivity contribution in [2.75, 3.05) is 13.1 Å². The Morgan fingerprint density at radius 2 is 2.06 bits per heavy atom. The number of hydrogen-bond donors (Lipinski definition) is 2. The van der Waals surface area contributed by atoms with Crippen molar-refractivity contribution >= 4 is 10.0 Å². The largest absolute Gasteiger partial charge is 0.337 e. The minimum Gasteiger partial charge on any atom is -0.337 e. The highest BCUT2D eigenvalue weighted by Gasteiger charge is 2.17. The van der Waals surface area contributed by atoms with Crippen molar-refractivity contribution in [3.05, 3.63) is 12.0 Å². The van der Waals surface area contributed by atoms with Crippen LogP contribution in [0, 0.1) is 6.92 Å². The molecule has 1 aromatic heterocycles. The average molecular weight is 260 g/mol. The molecule has 6 nitrogen and oxygen atoms in total. The molecule has 1 aromatic rings. The number of imidazole rings is 1. The third-order valence-electron chi connectivity index (χ3n) is 2.33. The fraction of sp³-hybridized carbons (Fsp3) is 0.700. The topological polar surface area (TPSA) is 76.0 Å². The van der Waals surface area contributed by atoms with Crippen LogP contribution in [0.4, 0.5) is 0 Å². The van der Waals surface area contributed by atoms with Gasteiger partial charge < -0.3 is 9.88 Å². The van der Waals surface area contributed by atoms with Crippen LogP contribution >= 0.6 is 0 Å². The van der Waals surface area contributed by atoms with Gasteiger partial charge in [0.05, 0.1) is 0 Å². The molecule has 0 unspecified atom stereocenters. The lowest BCUT2D eigenvalue weighted by Crippen LogP contribution is -2.34. The van der Waals surface area contributed by atoms with Crippen LogP contribution in [0.15, 0.2) is 11.2 Å². The lowest BCUT2D eigenvalue weighted by Gasteiger charge is -2.08. The molecule has 0 aliphatic carbocycles. The number of nitrogens with zero attached hydrogens (tertiary/aromatic N) is 2. The third-order valence-corrected chi connectivity index (χ3v) is 3.66. The Bertz CT molecular complexity index is 445. The van der Waals surface area contributed by atoms with E-state index in [0.717, 1.165) is 0 Å². The van der Waals surface area contributed by atoms with Crippen LogP contribution in [-0.2, 0) is 17.1 Å². The predicted molar refractivity (Wildman–Crippen MR) is 66.3 cm³/mol. The second kappa shape index (κ2) is 5.61. The Hall–Kier alpha value is -0.920. The highest BCUT2D eigenvalue weighted by molar-refractivity contribution is 7.89. The van der Waals surface area contributed by atoms with Gasteiger partial charge in [-0.2, -0.15) is 0 Å². The molecule has 0 fully saturated rings. The van der Waals surface area contributed by atoms with Gasteiger partial charge >= 0.3 is 0 Å². The fourth-order valence-corrected chi connectivity index (χ4v) is 2.34. The van der Waals surface area contributed by atoms with E-state index in [-0.39, 0.29) is 5.03 Å². The van der Waals surface area contributed by atoms with Crippen molar-refractivity contribution in [1.29, 1.82) is 0 Å². The molecule has 98 valence electrons. The molecule has 0 bridgehead atoms. The average Bonchev–Trinajstić information content (AvgIpc) is 2.55. The summed E-state index contributed by atoms with van der Waals surface area (Å²) >= 11 is 0. The number of nitrogens with one attached hydrogen (secondary N) is 2. The number of sulfonamides is 1. The van der Waals surface area contributed by atoms with Crippen molar-refractivity contribution in [2.45, 2.75) is 31.8 Å². The van der Waals surface area contributed by atoms with Crippen LogP contribution in [-0.4, -0.2) is 37.1 Å². The van der Waals surface area contributed by atoms with Crippen LogP contribution in [0.25, 0.3) is 0 Å². The normalized spacial score (nSPS) is 12.3. The van der Waals surface area contributed by atoms with E-state index in [9.17, 15) is 8.42 Å². The smallest absolute Gasteiger partial charge is 0.259 e. The molecule has 0 amide bonds. The highest BCUT2D eigenvalue weighted by Crippen LogP contribution is 2.06. The molecule has 0 aliphatic rings. The van der Waals surface area contributed by atoms with Gasteiger partial charge in [0.1, 0.15) is 5.82 Å². The summed E-state index contributed by atoms with van der Waals surface area (Å²) in [7, 11) is -1.72. The summed E-state index contributed by atoms with van der Waals surface area (Å²) in [5.74, 6) is 0.672. The second-order valence-electron chi connectivity index (χ2n) is 4.24. The molecule has 0 saturated carbocycles. The van der Waals surface area contributed by atoms with Crippen molar-refractivity contribution in [3.8, 4) is 0 Å². The standard InChI is InChI=1S/C10H20N4O2S/c1-8(2)11-5-6-12-17(15,16)10-7-14(4)9(3)13-10/h7-8,11-12H,5-6H2,1-4H3. The van der Waals surface area contributed by atoms with Crippen LogP contribution in [0.5, 0.6) is 0 Å². The van der Waals surface area contributed by atoms with Gasteiger partial charge in [0.2, 0.25) is 0 Å². The zero-order chi connectivity index (χ0) is 13.1. The Kier molecular flexibility index (Phi) is 4.67. The first-order valence-electron chi connectivity index (χ1n) is 5.56. The molecule has 0 spiro atoms. The van der Waals surface area contributed by atoms with Crippen LogP contribution in [0.3, 0.4) is 0 Å². The first kappa shape index (κ1) is 14.1. The van der Waals surface area contributed by atoms with Crippen LogP contribution in [0.1, 0.15) is 19.7 Å².